The number of aromatic nitrogens is 1. The first-order chi connectivity index (χ1) is 8.81. The molecule has 0 fully saturated rings. The van der Waals surface area contributed by atoms with Gasteiger partial charge in [-0.3, -0.25) is 4.79 Å². The second-order valence-corrected chi connectivity index (χ2v) is 5.70. The molecule has 0 aliphatic carbocycles. The van der Waals surface area contributed by atoms with Gasteiger partial charge in [-0.1, -0.05) is 26.8 Å². The van der Waals surface area contributed by atoms with Crippen molar-refractivity contribution in [3.63, 3.8) is 0 Å². The van der Waals surface area contributed by atoms with E-state index in [0.717, 1.165) is 0 Å². The van der Waals surface area contributed by atoms with Crippen molar-refractivity contribution >= 4 is 11.8 Å². The molecule has 0 radical (unpaired) electrons. The zero-order valence-corrected chi connectivity index (χ0v) is 11.5. The molecule has 0 aliphatic heterocycles. The lowest BCUT2D eigenvalue weighted by Crippen LogP contribution is -2.27. The lowest BCUT2D eigenvalue weighted by molar-refractivity contribution is -0.142. The van der Waals surface area contributed by atoms with Crippen LogP contribution in [-0.2, 0) is 4.79 Å². The van der Waals surface area contributed by atoms with Gasteiger partial charge < -0.3 is 10.4 Å². The van der Waals surface area contributed by atoms with E-state index in [9.17, 15) is 9.90 Å². The standard InChI is InChI=1S/C14H19N3O2/c1-14(2,3)7-10(13(18)19)9-16-12-6-4-5-11(8-15)17-12/h4-6,10H,7,9H2,1-3H3,(H,16,17)(H,18,19). The largest absolute Gasteiger partial charge is 0.481 e. The van der Waals surface area contributed by atoms with E-state index >= 15 is 0 Å². The molecule has 0 bridgehead atoms. The lowest BCUT2D eigenvalue weighted by Gasteiger charge is -2.23. The van der Waals surface area contributed by atoms with Gasteiger partial charge in [-0.15, -0.1) is 0 Å². The minimum Gasteiger partial charge on any atom is -0.481 e. The summed E-state index contributed by atoms with van der Waals surface area (Å²) >= 11 is 0. The summed E-state index contributed by atoms with van der Waals surface area (Å²) in [5.41, 5.74) is 0.264. The molecule has 1 atom stereocenters. The first-order valence-electron chi connectivity index (χ1n) is 6.15. The maximum atomic E-state index is 11.2. The molecular formula is C14H19N3O2. The molecule has 1 aromatic heterocycles. The number of hydrogen-bond donors (Lipinski definition) is 2. The Kier molecular flexibility index (Phi) is 4.87. The highest BCUT2D eigenvalue weighted by Gasteiger charge is 2.24. The van der Waals surface area contributed by atoms with Gasteiger partial charge in [0.15, 0.2) is 0 Å². The van der Waals surface area contributed by atoms with Gasteiger partial charge in [-0.2, -0.15) is 5.26 Å². The van der Waals surface area contributed by atoms with Crippen LogP contribution in [0.5, 0.6) is 0 Å². The van der Waals surface area contributed by atoms with Crippen LogP contribution in [0.3, 0.4) is 0 Å². The number of aliphatic carboxylic acids is 1. The summed E-state index contributed by atoms with van der Waals surface area (Å²) in [6.45, 7) is 6.33. The van der Waals surface area contributed by atoms with Crippen molar-refractivity contribution in [2.75, 3.05) is 11.9 Å². The topological polar surface area (TPSA) is 86.0 Å². The number of pyridine rings is 1. The van der Waals surface area contributed by atoms with Crippen LogP contribution in [0.15, 0.2) is 18.2 Å². The minimum atomic E-state index is -0.820. The Morgan fingerprint density at radius 1 is 1.53 bits per heavy atom. The third-order valence-corrected chi connectivity index (χ3v) is 2.60. The van der Waals surface area contributed by atoms with Gasteiger partial charge in [0.2, 0.25) is 0 Å². The molecule has 0 saturated heterocycles. The van der Waals surface area contributed by atoms with Crippen LogP contribution < -0.4 is 5.32 Å². The number of carboxylic acids is 1. The SMILES string of the molecule is CC(C)(C)CC(CNc1cccc(C#N)n1)C(=O)O. The second kappa shape index (κ2) is 6.19. The predicted molar refractivity (Wildman–Crippen MR) is 72.6 cm³/mol. The summed E-state index contributed by atoms with van der Waals surface area (Å²) in [4.78, 5) is 15.3. The van der Waals surface area contributed by atoms with Crippen molar-refractivity contribution in [1.82, 2.24) is 4.98 Å². The van der Waals surface area contributed by atoms with Crippen LogP contribution in [0.1, 0.15) is 32.9 Å². The lowest BCUT2D eigenvalue weighted by atomic mass is 9.84. The molecule has 0 aromatic carbocycles. The van der Waals surface area contributed by atoms with Crippen molar-refractivity contribution < 1.29 is 9.90 Å². The smallest absolute Gasteiger partial charge is 0.308 e. The Hall–Kier alpha value is -2.09. The first kappa shape index (κ1) is 15.0. The van der Waals surface area contributed by atoms with Crippen LogP contribution in [0.2, 0.25) is 0 Å². The van der Waals surface area contributed by atoms with Gasteiger partial charge in [0.1, 0.15) is 17.6 Å². The number of nitrogens with one attached hydrogen (secondary N) is 1. The van der Waals surface area contributed by atoms with E-state index in [0.29, 0.717) is 24.5 Å². The van der Waals surface area contributed by atoms with E-state index in [-0.39, 0.29) is 5.41 Å². The Morgan fingerprint density at radius 3 is 2.74 bits per heavy atom. The maximum Gasteiger partial charge on any atom is 0.308 e. The highest BCUT2D eigenvalue weighted by Crippen LogP contribution is 2.24. The first-order valence-corrected chi connectivity index (χ1v) is 6.15. The number of carbonyl (C=O) groups is 1. The monoisotopic (exact) mass is 261 g/mol. The van der Waals surface area contributed by atoms with Crippen molar-refractivity contribution in [2.24, 2.45) is 11.3 Å². The Balaban J connectivity index is 2.66. The average molecular weight is 261 g/mol. The van der Waals surface area contributed by atoms with Gasteiger partial charge in [0.25, 0.3) is 0 Å². The number of anilines is 1. The molecule has 0 spiro atoms. The van der Waals surface area contributed by atoms with Gasteiger partial charge in [-0.25, -0.2) is 4.98 Å². The van der Waals surface area contributed by atoms with Crippen LogP contribution >= 0.6 is 0 Å². The molecule has 1 aromatic rings. The molecule has 1 rings (SSSR count). The van der Waals surface area contributed by atoms with E-state index in [2.05, 4.69) is 10.3 Å². The molecule has 5 heteroatoms. The molecule has 5 nitrogen and oxygen atoms in total. The van der Waals surface area contributed by atoms with Gasteiger partial charge >= 0.3 is 5.97 Å². The highest BCUT2D eigenvalue weighted by molar-refractivity contribution is 5.70. The zero-order chi connectivity index (χ0) is 14.5. The molecule has 19 heavy (non-hydrogen) atoms. The molecule has 1 unspecified atom stereocenters. The van der Waals surface area contributed by atoms with Crippen molar-refractivity contribution in [1.29, 1.82) is 5.26 Å². The Bertz CT molecular complexity index is 486. The van der Waals surface area contributed by atoms with Crippen LogP contribution in [0.25, 0.3) is 0 Å². The normalized spacial score (nSPS) is 12.5. The zero-order valence-electron chi connectivity index (χ0n) is 11.5. The average Bonchev–Trinajstić information content (AvgIpc) is 2.33. The maximum absolute atomic E-state index is 11.2. The summed E-state index contributed by atoms with van der Waals surface area (Å²) in [5, 5.41) is 20.9. The van der Waals surface area contributed by atoms with Gasteiger partial charge in [-0.05, 0) is 24.0 Å². The van der Waals surface area contributed by atoms with Crippen molar-refractivity contribution in [3.05, 3.63) is 23.9 Å². The molecule has 102 valence electrons. The third kappa shape index (κ3) is 5.38. The van der Waals surface area contributed by atoms with Gasteiger partial charge in [0.05, 0.1) is 5.92 Å². The summed E-state index contributed by atoms with van der Waals surface area (Å²) in [5.74, 6) is -0.773. The van der Waals surface area contributed by atoms with E-state index in [1.54, 1.807) is 18.2 Å². The summed E-state index contributed by atoms with van der Waals surface area (Å²) in [6.07, 6.45) is 0.577. The Morgan fingerprint density at radius 2 is 2.21 bits per heavy atom. The minimum absolute atomic E-state index is 0.0489. The van der Waals surface area contributed by atoms with Crippen LogP contribution in [-0.4, -0.2) is 22.6 Å². The molecule has 2 N–H and O–H groups in total. The summed E-state index contributed by atoms with van der Waals surface area (Å²) in [6, 6.07) is 6.99. The van der Waals surface area contributed by atoms with Crippen LogP contribution in [0, 0.1) is 22.7 Å². The van der Waals surface area contributed by atoms with Crippen LogP contribution in [0.4, 0.5) is 5.82 Å². The number of nitriles is 1. The Labute approximate surface area is 113 Å². The fourth-order valence-electron chi connectivity index (χ4n) is 1.81. The molecule has 0 aliphatic rings. The molecule has 1 heterocycles. The number of hydrogen-bond acceptors (Lipinski definition) is 4. The van der Waals surface area contributed by atoms with Gasteiger partial charge in [0, 0.05) is 6.54 Å². The molecule has 0 amide bonds. The fourth-order valence-corrected chi connectivity index (χ4v) is 1.81. The number of carboxylic acid groups (broad SMARTS) is 1. The fraction of sp³-hybridized carbons (Fsp3) is 0.500. The van der Waals surface area contributed by atoms with E-state index in [1.165, 1.54) is 0 Å². The third-order valence-electron chi connectivity index (χ3n) is 2.60. The van der Waals surface area contributed by atoms with Crippen molar-refractivity contribution in [2.45, 2.75) is 27.2 Å². The quantitative estimate of drug-likeness (QED) is 0.850. The summed E-state index contributed by atoms with van der Waals surface area (Å²) in [7, 11) is 0. The number of nitrogens with zero attached hydrogens (tertiary/aromatic N) is 2. The van der Waals surface area contributed by atoms with E-state index in [1.807, 2.05) is 26.8 Å². The molecular weight excluding hydrogens is 242 g/mol. The summed E-state index contributed by atoms with van der Waals surface area (Å²) < 4.78 is 0. The van der Waals surface area contributed by atoms with Crippen molar-refractivity contribution in [3.8, 4) is 6.07 Å². The molecule has 0 saturated carbocycles. The predicted octanol–water partition coefficient (Wildman–Crippen LogP) is 2.50. The van der Waals surface area contributed by atoms with E-state index in [4.69, 9.17) is 5.26 Å². The number of rotatable bonds is 5. The van der Waals surface area contributed by atoms with E-state index < -0.39 is 11.9 Å². The highest BCUT2D eigenvalue weighted by atomic mass is 16.4. The second-order valence-electron chi connectivity index (χ2n) is 5.70.